The highest BCUT2D eigenvalue weighted by Crippen LogP contribution is 2.76. The average molecular weight is 668 g/mol. The molecule has 0 amide bonds. The van der Waals surface area contributed by atoms with E-state index in [1.54, 1.807) is 5.57 Å². The van der Waals surface area contributed by atoms with E-state index in [4.69, 9.17) is 5.73 Å². The molecule has 8 atom stereocenters. The Balaban J connectivity index is 1.30. The lowest BCUT2D eigenvalue weighted by atomic mass is 9.33. The predicted octanol–water partition coefficient (Wildman–Crippen LogP) is 8.03. The second kappa shape index (κ2) is 10.9. The average Bonchev–Trinajstić information content (AvgIpc) is 3.41. The molecule has 3 saturated carbocycles. The number of nitrogens with two attached hydrogens (primary N) is 1. The molecule has 266 valence electrons. The van der Waals surface area contributed by atoms with Gasteiger partial charge < -0.3 is 20.6 Å². The fourth-order valence-corrected chi connectivity index (χ4v) is 13.6. The van der Waals surface area contributed by atoms with Crippen molar-refractivity contribution in [1.82, 2.24) is 15.1 Å². The number of rotatable bonds is 3. The Bertz CT molecular complexity index is 1680. The van der Waals surface area contributed by atoms with Crippen molar-refractivity contribution in [3.63, 3.8) is 0 Å². The molecule has 2 aromatic rings. The number of nitrogens with zero attached hydrogens (tertiary/aromatic N) is 3. The highest BCUT2D eigenvalue weighted by atomic mass is 16.4. The normalized spacial score (nSPS) is 39.7. The van der Waals surface area contributed by atoms with Crippen LogP contribution in [0.3, 0.4) is 0 Å². The minimum Gasteiger partial charge on any atom is -0.481 e. The van der Waals surface area contributed by atoms with Crippen LogP contribution in [0.4, 0.5) is 11.5 Å². The molecule has 5 aliphatic carbocycles. The summed E-state index contributed by atoms with van der Waals surface area (Å²) in [5.74, 6) is 1.34. The first-order valence-electron chi connectivity index (χ1n) is 19.3. The molecule has 4 fully saturated rings. The highest BCUT2D eigenvalue weighted by Gasteiger charge is 2.68. The van der Waals surface area contributed by atoms with E-state index >= 15 is 0 Å². The molecule has 4 N–H and O–H groups in total. The van der Waals surface area contributed by atoms with Gasteiger partial charge in [-0.1, -0.05) is 66.2 Å². The van der Waals surface area contributed by atoms with E-state index in [2.05, 4.69) is 99.8 Å². The first-order chi connectivity index (χ1) is 23.0. The van der Waals surface area contributed by atoms with Crippen LogP contribution in [-0.4, -0.2) is 59.4 Å². The van der Waals surface area contributed by atoms with Crippen LogP contribution < -0.4 is 10.6 Å². The van der Waals surface area contributed by atoms with Gasteiger partial charge in [-0.25, -0.2) is 0 Å². The number of benzene rings is 1. The smallest absolute Gasteiger partial charge is 0.306 e. The molecule has 3 unspecified atom stereocenters. The number of carboxylic acid groups (broad SMARTS) is 1. The van der Waals surface area contributed by atoms with Crippen LogP contribution >= 0.6 is 0 Å². The van der Waals surface area contributed by atoms with E-state index in [0.29, 0.717) is 23.6 Å². The lowest BCUT2D eigenvalue weighted by molar-refractivity contribution is -0.161. The maximum Gasteiger partial charge on any atom is 0.306 e. The number of anilines is 2. The SMILES string of the molecule is CN1CCN(c2ccc(C3=C4C5CC(C)(C)C[C@@H](C(=O)O)[C@H]5CC[C@@]4(C)[C@]4(C)CCC5C(C)(C)c6[nH]nc(N)c6C[C@]5(C)C4C3)cc2)CC1. The molecule has 1 aromatic carbocycles. The van der Waals surface area contributed by atoms with Crippen LogP contribution in [0.1, 0.15) is 110 Å². The monoisotopic (exact) mass is 667 g/mol. The number of piperazine rings is 1. The number of hydrogen-bond donors (Lipinski definition) is 3. The Kier molecular flexibility index (Phi) is 7.39. The molecule has 6 aliphatic rings. The lowest BCUT2D eigenvalue weighted by Gasteiger charge is -2.70. The summed E-state index contributed by atoms with van der Waals surface area (Å²) in [7, 11) is 2.21. The summed E-state index contributed by atoms with van der Waals surface area (Å²) in [6.07, 6.45) is 8.38. The summed E-state index contributed by atoms with van der Waals surface area (Å²) in [6.45, 7) is 21.7. The molecular formula is C42H61N5O2. The maximum atomic E-state index is 12.9. The van der Waals surface area contributed by atoms with Crippen LogP contribution in [0.25, 0.3) is 5.57 Å². The first-order valence-corrected chi connectivity index (χ1v) is 19.3. The van der Waals surface area contributed by atoms with Gasteiger partial charge in [-0.15, -0.1) is 0 Å². The summed E-state index contributed by atoms with van der Waals surface area (Å²) in [6, 6.07) is 9.59. The standard InChI is InChI=1S/C42H61N5O2/c1-38(2)22-29-27(30(23-38)37(48)49)13-15-42(7)34(29)28(25-9-11-26(12-10-25)47-19-17-46(8)18-20-47)21-33-40(5)24-31-35(44-45-36(31)43)39(3,4)32(40)14-16-41(33,42)6/h9-12,27,29-30,32-33H,13-24H2,1-8H3,(H,48,49)(H3,43,44,45)/t27-,29?,30+,32?,33?,40-,41+,42+/m0/s1. The summed E-state index contributed by atoms with van der Waals surface area (Å²) in [4.78, 5) is 17.9. The van der Waals surface area contributed by atoms with Crippen molar-refractivity contribution >= 4 is 23.0 Å². The molecule has 7 heteroatoms. The zero-order chi connectivity index (χ0) is 34.9. The number of nitrogens with one attached hydrogen (secondary N) is 1. The van der Waals surface area contributed by atoms with Crippen molar-refractivity contribution in [2.45, 2.75) is 105 Å². The highest BCUT2D eigenvalue weighted by molar-refractivity contribution is 5.76. The van der Waals surface area contributed by atoms with E-state index in [1.807, 2.05) is 0 Å². The first kappa shape index (κ1) is 33.3. The summed E-state index contributed by atoms with van der Waals surface area (Å²) < 4.78 is 0. The number of aliphatic carboxylic acids is 1. The van der Waals surface area contributed by atoms with E-state index in [9.17, 15) is 9.90 Å². The lowest BCUT2D eigenvalue weighted by Crippen LogP contribution is -2.64. The predicted molar refractivity (Wildman–Crippen MR) is 198 cm³/mol. The minimum absolute atomic E-state index is 0.000638. The number of allylic oxidation sites excluding steroid dienone is 2. The third kappa shape index (κ3) is 4.68. The van der Waals surface area contributed by atoms with Gasteiger partial charge in [0, 0.05) is 48.5 Å². The number of likely N-dealkylation sites (N-methyl/N-ethyl adjacent to an activating group) is 1. The quantitative estimate of drug-likeness (QED) is 0.307. The molecule has 2 heterocycles. The van der Waals surface area contributed by atoms with Crippen LogP contribution in [0.2, 0.25) is 0 Å². The molecule has 0 bridgehead atoms. The van der Waals surface area contributed by atoms with Gasteiger partial charge in [-0.3, -0.25) is 9.89 Å². The van der Waals surface area contributed by atoms with Crippen LogP contribution in [0, 0.1) is 51.2 Å². The third-order valence-corrected chi connectivity index (χ3v) is 16.2. The van der Waals surface area contributed by atoms with E-state index in [1.165, 1.54) is 40.9 Å². The maximum absolute atomic E-state index is 12.9. The second-order valence-electron chi connectivity index (χ2n) is 19.5. The second-order valence-corrected chi connectivity index (χ2v) is 19.5. The van der Waals surface area contributed by atoms with Crippen LogP contribution in [-0.2, 0) is 16.6 Å². The number of aromatic nitrogens is 2. The van der Waals surface area contributed by atoms with Gasteiger partial charge in [0.1, 0.15) is 5.82 Å². The Morgan fingerprint density at radius 1 is 0.939 bits per heavy atom. The molecule has 0 radical (unpaired) electrons. The zero-order valence-corrected chi connectivity index (χ0v) is 31.5. The molecule has 1 aliphatic heterocycles. The Hall–Kier alpha value is -2.80. The molecule has 8 rings (SSSR count). The Morgan fingerprint density at radius 3 is 2.31 bits per heavy atom. The number of H-pyrrole nitrogens is 1. The van der Waals surface area contributed by atoms with E-state index in [0.717, 1.165) is 64.7 Å². The van der Waals surface area contributed by atoms with Gasteiger partial charge in [0.15, 0.2) is 0 Å². The van der Waals surface area contributed by atoms with Gasteiger partial charge in [-0.2, -0.15) is 5.10 Å². The fraction of sp³-hybridized carbons (Fsp3) is 0.714. The van der Waals surface area contributed by atoms with Crippen LogP contribution in [0.15, 0.2) is 29.8 Å². The number of nitrogen functional groups attached to an aromatic ring is 1. The van der Waals surface area contributed by atoms with Crippen molar-refractivity contribution in [2.75, 3.05) is 43.9 Å². The molecule has 0 spiro atoms. The van der Waals surface area contributed by atoms with Gasteiger partial charge in [0.25, 0.3) is 0 Å². The largest absolute Gasteiger partial charge is 0.481 e. The van der Waals surface area contributed by atoms with Gasteiger partial charge >= 0.3 is 5.97 Å². The molecular weight excluding hydrogens is 606 g/mol. The summed E-state index contributed by atoms with van der Waals surface area (Å²) >= 11 is 0. The van der Waals surface area contributed by atoms with Gasteiger partial charge in [0.2, 0.25) is 0 Å². The Labute approximate surface area is 294 Å². The van der Waals surface area contributed by atoms with Gasteiger partial charge in [0.05, 0.1) is 5.92 Å². The molecule has 1 aromatic heterocycles. The van der Waals surface area contributed by atoms with Crippen molar-refractivity contribution in [2.24, 2.45) is 51.2 Å². The molecule has 49 heavy (non-hydrogen) atoms. The summed E-state index contributed by atoms with van der Waals surface area (Å²) in [5.41, 5.74) is 15.1. The Morgan fingerprint density at radius 2 is 1.63 bits per heavy atom. The summed E-state index contributed by atoms with van der Waals surface area (Å²) in [5, 5.41) is 18.6. The molecule has 7 nitrogen and oxygen atoms in total. The number of aromatic amines is 1. The topological polar surface area (TPSA) is 98.5 Å². The van der Waals surface area contributed by atoms with Crippen molar-refractivity contribution in [3.05, 3.63) is 46.7 Å². The third-order valence-electron chi connectivity index (χ3n) is 16.2. The van der Waals surface area contributed by atoms with Crippen molar-refractivity contribution in [3.8, 4) is 0 Å². The fourth-order valence-electron chi connectivity index (χ4n) is 13.6. The van der Waals surface area contributed by atoms with E-state index in [-0.39, 0.29) is 38.9 Å². The number of carboxylic acids is 1. The van der Waals surface area contributed by atoms with Gasteiger partial charge in [-0.05, 0) is 127 Å². The number of carbonyl (C=O) groups is 1. The van der Waals surface area contributed by atoms with Crippen molar-refractivity contribution in [1.29, 1.82) is 0 Å². The number of hydrogen-bond acceptors (Lipinski definition) is 5. The van der Waals surface area contributed by atoms with Crippen molar-refractivity contribution < 1.29 is 9.90 Å². The zero-order valence-electron chi connectivity index (χ0n) is 31.5. The van der Waals surface area contributed by atoms with E-state index < -0.39 is 5.97 Å². The number of fused-ring (bicyclic) bond motifs is 8. The molecule has 1 saturated heterocycles. The van der Waals surface area contributed by atoms with Crippen LogP contribution in [0.5, 0.6) is 0 Å². The minimum atomic E-state index is -0.587.